The number of hydrogen-bond acceptors (Lipinski definition) is 2. The SMILES string of the molecule is O=C(NC(=O)c1ccc(C(F)(F)F)cc1C(F)(F)F)c1ccccc1.[Cl-]. The maximum absolute atomic E-state index is 13.0. The predicted octanol–water partition coefficient (Wildman–Crippen LogP) is 1.30. The zero-order chi connectivity index (χ0) is 18.8. The van der Waals surface area contributed by atoms with E-state index in [-0.39, 0.29) is 24.0 Å². The smallest absolute Gasteiger partial charge is 0.417 e. The van der Waals surface area contributed by atoms with Crippen molar-refractivity contribution in [3.63, 3.8) is 0 Å². The van der Waals surface area contributed by atoms with Crippen molar-refractivity contribution in [1.29, 1.82) is 0 Å². The lowest BCUT2D eigenvalue weighted by atomic mass is 10.0. The largest absolute Gasteiger partial charge is 1.00 e. The number of benzene rings is 2. The maximum Gasteiger partial charge on any atom is 0.417 e. The molecular weight excluding hydrogens is 388 g/mol. The van der Waals surface area contributed by atoms with Crippen molar-refractivity contribution < 1.29 is 48.3 Å². The van der Waals surface area contributed by atoms with E-state index in [1.165, 1.54) is 24.3 Å². The molecule has 0 atom stereocenters. The molecule has 2 amide bonds. The topological polar surface area (TPSA) is 46.2 Å². The number of imide groups is 1. The highest BCUT2D eigenvalue weighted by atomic mass is 35.5. The number of amides is 2. The number of carbonyl (C=O) groups excluding carboxylic acids is 2. The number of nitrogens with one attached hydrogen (secondary N) is 1. The average Bonchev–Trinajstić information content (AvgIpc) is 2.53. The second-order valence-corrected chi connectivity index (χ2v) is 4.91. The summed E-state index contributed by atoms with van der Waals surface area (Å²) >= 11 is 0. The molecular formula is C16H9ClF6NO2-. The molecule has 26 heavy (non-hydrogen) atoms. The fourth-order valence-electron chi connectivity index (χ4n) is 1.99. The van der Waals surface area contributed by atoms with Gasteiger partial charge in [-0.3, -0.25) is 14.9 Å². The normalized spacial score (nSPS) is 11.5. The second-order valence-electron chi connectivity index (χ2n) is 4.91. The Morgan fingerprint density at radius 2 is 1.35 bits per heavy atom. The zero-order valence-corrected chi connectivity index (χ0v) is 13.3. The summed E-state index contributed by atoms with van der Waals surface area (Å²) in [5.74, 6) is -2.42. The van der Waals surface area contributed by atoms with Crippen molar-refractivity contribution in [2.75, 3.05) is 0 Å². The van der Waals surface area contributed by atoms with Crippen LogP contribution >= 0.6 is 0 Å². The van der Waals surface area contributed by atoms with E-state index in [1.807, 2.05) is 0 Å². The highest BCUT2D eigenvalue weighted by Gasteiger charge is 2.39. The Balaban J connectivity index is 0.00000338. The number of rotatable bonds is 2. The Bertz CT molecular complexity index is 803. The standard InChI is InChI=1S/C16H9F6NO2.ClH/c17-15(18,19)10-6-7-11(12(8-10)16(20,21)22)14(25)23-13(24)9-4-2-1-3-5-9;/h1-8H,(H,23,24,25);1H/p-1. The molecule has 2 aromatic rings. The Kier molecular flexibility index (Phi) is 6.43. The van der Waals surface area contributed by atoms with Crippen molar-refractivity contribution in [2.24, 2.45) is 0 Å². The summed E-state index contributed by atoms with van der Waals surface area (Å²) in [7, 11) is 0. The van der Waals surface area contributed by atoms with E-state index in [2.05, 4.69) is 0 Å². The van der Waals surface area contributed by atoms with Crippen LogP contribution in [0.1, 0.15) is 31.8 Å². The van der Waals surface area contributed by atoms with Gasteiger partial charge in [0.15, 0.2) is 0 Å². The van der Waals surface area contributed by atoms with Crippen LogP contribution in [0.25, 0.3) is 0 Å². The molecule has 0 saturated carbocycles. The Labute approximate surface area is 149 Å². The molecule has 3 nitrogen and oxygen atoms in total. The summed E-state index contributed by atoms with van der Waals surface area (Å²) < 4.78 is 76.8. The summed E-state index contributed by atoms with van der Waals surface area (Å²) in [6.45, 7) is 0. The van der Waals surface area contributed by atoms with Crippen LogP contribution in [-0.4, -0.2) is 11.8 Å². The molecule has 0 spiro atoms. The lowest BCUT2D eigenvalue weighted by molar-refractivity contribution is -0.143. The Hall–Kier alpha value is -2.55. The first kappa shape index (κ1) is 21.5. The lowest BCUT2D eigenvalue weighted by Gasteiger charge is -2.15. The number of carbonyl (C=O) groups is 2. The quantitative estimate of drug-likeness (QED) is 0.614. The third-order valence-electron chi connectivity index (χ3n) is 3.16. The minimum absolute atomic E-state index is 0. The molecule has 0 aliphatic heterocycles. The monoisotopic (exact) mass is 396 g/mol. The number of halogens is 7. The Morgan fingerprint density at radius 3 is 1.85 bits per heavy atom. The maximum atomic E-state index is 13.0. The van der Waals surface area contributed by atoms with E-state index in [0.29, 0.717) is 12.1 Å². The van der Waals surface area contributed by atoms with Crippen molar-refractivity contribution in [3.05, 3.63) is 70.8 Å². The van der Waals surface area contributed by atoms with Crippen molar-refractivity contribution >= 4 is 11.8 Å². The van der Waals surface area contributed by atoms with Gasteiger partial charge in [-0.15, -0.1) is 0 Å². The highest BCUT2D eigenvalue weighted by Crippen LogP contribution is 2.37. The molecule has 0 unspecified atom stereocenters. The van der Waals surface area contributed by atoms with Gasteiger partial charge in [0.25, 0.3) is 11.8 Å². The summed E-state index contributed by atoms with van der Waals surface area (Å²) in [6.07, 6.45) is -10.2. The molecule has 0 bridgehead atoms. The van der Waals surface area contributed by atoms with Crippen LogP contribution in [0.5, 0.6) is 0 Å². The summed E-state index contributed by atoms with van der Waals surface area (Å²) in [4.78, 5) is 23.8. The van der Waals surface area contributed by atoms with Gasteiger partial charge in [-0.25, -0.2) is 0 Å². The van der Waals surface area contributed by atoms with Crippen LogP contribution in [-0.2, 0) is 12.4 Å². The average molecular weight is 397 g/mol. The van der Waals surface area contributed by atoms with Gasteiger partial charge < -0.3 is 12.4 Å². The van der Waals surface area contributed by atoms with E-state index in [0.717, 1.165) is 0 Å². The van der Waals surface area contributed by atoms with Crippen LogP contribution in [0, 0.1) is 0 Å². The van der Waals surface area contributed by atoms with Gasteiger partial charge in [-0.2, -0.15) is 26.3 Å². The van der Waals surface area contributed by atoms with Gasteiger partial charge in [-0.05, 0) is 30.3 Å². The molecule has 0 fully saturated rings. The molecule has 0 heterocycles. The number of hydrogen-bond donors (Lipinski definition) is 1. The van der Waals surface area contributed by atoms with E-state index in [1.54, 1.807) is 11.4 Å². The van der Waals surface area contributed by atoms with Gasteiger partial charge in [0.05, 0.1) is 16.7 Å². The summed E-state index contributed by atoms with van der Waals surface area (Å²) in [6, 6.07) is 7.73. The first-order chi connectivity index (χ1) is 11.5. The van der Waals surface area contributed by atoms with Crippen LogP contribution in [0.2, 0.25) is 0 Å². The van der Waals surface area contributed by atoms with E-state index >= 15 is 0 Å². The van der Waals surface area contributed by atoms with E-state index in [4.69, 9.17) is 0 Å². The van der Waals surface area contributed by atoms with Crippen LogP contribution in [0.15, 0.2) is 48.5 Å². The fourth-order valence-corrected chi connectivity index (χ4v) is 1.99. The summed E-state index contributed by atoms with van der Waals surface area (Å²) in [5.41, 5.74) is -4.40. The molecule has 0 aliphatic rings. The molecule has 0 saturated heterocycles. The van der Waals surface area contributed by atoms with Crippen molar-refractivity contribution in [1.82, 2.24) is 5.32 Å². The van der Waals surface area contributed by atoms with Gasteiger partial charge >= 0.3 is 12.4 Å². The van der Waals surface area contributed by atoms with Gasteiger partial charge in [0.1, 0.15) is 0 Å². The predicted molar refractivity (Wildman–Crippen MR) is 74.7 cm³/mol. The first-order valence-corrected chi connectivity index (χ1v) is 6.69. The van der Waals surface area contributed by atoms with Crippen LogP contribution in [0.3, 0.4) is 0 Å². The van der Waals surface area contributed by atoms with E-state index < -0.39 is 40.9 Å². The third kappa shape index (κ3) is 4.98. The highest BCUT2D eigenvalue weighted by molar-refractivity contribution is 6.10. The Morgan fingerprint density at radius 1 is 0.769 bits per heavy atom. The zero-order valence-electron chi connectivity index (χ0n) is 12.6. The second kappa shape index (κ2) is 7.77. The number of alkyl halides is 6. The van der Waals surface area contributed by atoms with E-state index in [9.17, 15) is 35.9 Å². The van der Waals surface area contributed by atoms with Crippen LogP contribution < -0.4 is 17.7 Å². The summed E-state index contributed by atoms with van der Waals surface area (Å²) in [5, 5.41) is 1.72. The first-order valence-electron chi connectivity index (χ1n) is 6.69. The molecule has 1 N–H and O–H groups in total. The molecule has 0 aliphatic carbocycles. The minimum Gasteiger partial charge on any atom is -1.00 e. The van der Waals surface area contributed by atoms with Gasteiger partial charge in [0.2, 0.25) is 0 Å². The molecule has 140 valence electrons. The molecule has 0 aromatic heterocycles. The van der Waals surface area contributed by atoms with Crippen molar-refractivity contribution in [2.45, 2.75) is 12.4 Å². The lowest BCUT2D eigenvalue weighted by Crippen LogP contribution is -3.00. The fraction of sp³-hybridized carbons (Fsp3) is 0.125. The molecule has 10 heteroatoms. The minimum atomic E-state index is -5.20. The molecule has 0 radical (unpaired) electrons. The van der Waals surface area contributed by atoms with Gasteiger partial charge in [-0.1, -0.05) is 18.2 Å². The van der Waals surface area contributed by atoms with Crippen LogP contribution in [0.4, 0.5) is 26.3 Å². The van der Waals surface area contributed by atoms with Gasteiger partial charge in [0, 0.05) is 5.56 Å². The third-order valence-corrected chi connectivity index (χ3v) is 3.16. The molecule has 2 rings (SSSR count). The molecule has 2 aromatic carbocycles. The van der Waals surface area contributed by atoms with Crippen molar-refractivity contribution in [3.8, 4) is 0 Å².